The molecule has 2 heterocycles. The maximum absolute atomic E-state index is 13.8. The fraction of sp³-hybridized carbons (Fsp3) is 0.333. The van der Waals surface area contributed by atoms with E-state index in [0.29, 0.717) is 0 Å². The first-order valence-electron chi connectivity index (χ1n) is 9.19. The zero-order valence-corrected chi connectivity index (χ0v) is 17.7. The molecule has 1 aromatic carbocycles. The van der Waals surface area contributed by atoms with Crippen molar-refractivity contribution in [3.8, 4) is 11.5 Å². The molecule has 0 radical (unpaired) electrons. The van der Waals surface area contributed by atoms with E-state index in [1.54, 1.807) is 6.92 Å². The summed E-state index contributed by atoms with van der Waals surface area (Å²) in [6, 6.07) is 2.35. The van der Waals surface area contributed by atoms with E-state index < -0.39 is 40.0 Å². The fourth-order valence-electron chi connectivity index (χ4n) is 2.77. The number of aromatic nitrogens is 4. The molecule has 1 unspecified atom stereocenters. The Balaban J connectivity index is 1.87. The van der Waals surface area contributed by atoms with Gasteiger partial charge in [-0.3, -0.25) is 0 Å². The van der Waals surface area contributed by atoms with E-state index >= 15 is 0 Å². The predicted octanol–water partition coefficient (Wildman–Crippen LogP) is 3.18. The average molecular weight is 474 g/mol. The van der Waals surface area contributed by atoms with Crippen molar-refractivity contribution in [2.45, 2.75) is 19.4 Å². The van der Waals surface area contributed by atoms with Gasteiger partial charge in [0.15, 0.2) is 11.6 Å². The Morgan fingerprint density at radius 1 is 1.12 bits per heavy atom. The molecule has 1 atom stereocenters. The zero-order chi connectivity index (χ0) is 23.5. The van der Waals surface area contributed by atoms with E-state index in [1.807, 2.05) is 0 Å². The van der Waals surface area contributed by atoms with Crippen molar-refractivity contribution in [1.29, 1.82) is 0 Å². The van der Waals surface area contributed by atoms with Crippen LogP contribution in [0.15, 0.2) is 35.0 Å². The number of anilines is 1. The van der Waals surface area contributed by atoms with Crippen molar-refractivity contribution in [3.63, 3.8) is 0 Å². The van der Waals surface area contributed by atoms with Crippen LogP contribution in [-0.4, -0.2) is 52.2 Å². The van der Waals surface area contributed by atoms with Gasteiger partial charge in [0, 0.05) is 25.5 Å². The van der Waals surface area contributed by atoms with Crippen LogP contribution in [0.3, 0.4) is 0 Å². The molecule has 0 aliphatic heterocycles. The lowest BCUT2D eigenvalue weighted by molar-refractivity contribution is 0.116. The van der Waals surface area contributed by atoms with Crippen LogP contribution >= 0.6 is 0 Å². The van der Waals surface area contributed by atoms with Crippen LogP contribution in [0, 0.1) is 11.6 Å². The highest BCUT2D eigenvalue weighted by Gasteiger charge is 2.23. The van der Waals surface area contributed by atoms with Crippen molar-refractivity contribution in [1.82, 2.24) is 24.5 Å². The van der Waals surface area contributed by atoms with Gasteiger partial charge in [0.2, 0.25) is 16.0 Å². The third-order valence-corrected chi connectivity index (χ3v) is 5.73. The summed E-state index contributed by atoms with van der Waals surface area (Å²) in [6.45, 7) is 1.66. The molecule has 2 aromatic heterocycles. The summed E-state index contributed by atoms with van der Waals surface area (Å²) in [6.07, 6.45) is 0.567. The second-order valence-corrected chi connectivity index (χ2v) is 8.61. The van der Waals surface area contributed by atoms with E-state index in [2.05, 4.69) is 25.5 Å². The molecule has 0 saturated heterocycles. The summed E-state index contributed by atoms with van der Waals surface area (Å²) in [5, 5.41) is 9.59. The summed E-state index contributed by atoms with van der Waals surface area (Å²) in [5.41, 5.74) is 0.433. The fourth-order valence-corrected chi connectivity index (χ4v) is 3.66. The normalized spacial score (nSPS) is 13.0. The van der Waals surface area contributed by atoms with Crippen LogP contribution in [0.25, 0.3) is 11.5 Å². The molecule has 0 amide bonds. The minimum atomic E-state index is -3.58. The quantitative estimate of drug-likeness (QED) is 0.471. The van der Waals surface area contributed by atoms with Gasteiger partial charge in [-0.2, -0.15) is 8.78 Å². The first-order valence-corrected chi connectivity index (χ1v) is 11.0. The summed E-state index contributed by atoms with van der Waals surface area (Å²) in [7, 11) is -3.58. The number of hydrogen-bond acceptors (Lipinski definition) is 8. The molecule has 0 bridgehead atoms. The minimum Gasteiger partial charge on any atom is -0.415 e. The maximum atomic E-state index is 13.8. The van der Waals surface area contributed by atoms with E-state index in [-0.39, 0.29) is 36.1 Å². The summed E-state index contributed by atoms with van der Waals surface area (Å²) in [5.74, 6) is -3.19. The number of likely N-dealkylation sites (N-methyl/N-ethyl adjacent to an activating group) is 1. The molecule has 3 rings (SSSR count). The number of alkyl halides is 2. The molecule has 3 aromatic rings. The van der Waals surface area contributed by atoms with Crippen molar-refractivity contribution < 1.29 is 30.4 Å². The monoisotopic (exact) mass is 474 g/mol. The van der Waals surface area contributed by atoms with Crippen molar-refractivity contribution in [2.75, 3.05) is 24.7 Å². The Hall–Kier alpha value is -3.13. The highest BCUT2D eigenvalue weighted by atomic mass is 32.2. The van der Waals surface area contributed by atoms with Gasteiger partial charge in [-0.05, 0) is 17.7 Å². The summed E-state index contributed by atoms with van der Waals surface area (Å²) < 4.78 is 82.4. The number of rotatable bonds is 9. The van der Waals surface area contributed by atoms with Gasteiger partial charge < -0.3 is 9.73 Å². The number of sulfonamides is 1. The molecule has 0 saturated carbocycles. The van der Waals surface area contributed by atoms with Crippen molar-refractivity contribution in [3.05, 3.63) is 53.7 Å². The molecule has 0 aliphatic carbocycles. The van der Waals surface area contributed by atoms with Crippen LogP contribution < -0.4 is 5.32 Å². The van der Waals surface area contributed by atoms with E-state index in [9.17, 15) is 26.0 Å². The standard InChI is InChI=1S/C18H18F4N6O3S/c1-3-28(32(2,29)30)9-14(10-4-5-12(19)13(20)6-10)25-18-23-7-11(8-24-18)16-26-27-17(31-16)15(21)22/h4-8,14-15H,3,9H2,1-2H3,(H,23,24,25). The third-order valence-electron chi connectivity index (χ3n) is 4.38. The second kappa shape index (κ2) is 9.56. The van der Waals surface area contributed by atoms with Crippen LogP contribution in [0.2, 0.25) is 0 Å². The Morgan fingerprint density at radius 2 is 1.81 bits per heavy atom. The van der Waals surface area contributed by atoms with Gasteiger partial charge in [-0.25, -0.2) is 31.5 Å². The summed E-state index contributed by atoms with van der Waals surface area (Å²) >= 11 is 0. The zero-order valence-electron chi connectivity index (χ0n) is 16.8. The predicted molar refractivity (Wildman–Crippen MR) is 105 cm³/mol. The van der Waals surface area contributed by atoms with Gasteiger partial charge >= 0.3 is 6.43 Å². The average Bonchev–Trinajstić information content (AvgIpc) is 3.23. The number of nitrogens with zero attached hydrogens (tertiary/aromatic N) is 5. The third kappa shape index (κ3) is 5.56. The molecule has 1 N–H and O–H groups in total. The molecule has 172 valence electrons. The molecule has 32 heavy (non-hydrogen) atoms. The van der Waals surface area contributed by atoms with Gasteiger partial charge in [0.1, 0.15) is 0 Å². The number of hydrogen-bond donors (Lipinski definition) is 1. The Morgan fingerprint density at radius 3 is 2.34 bits per heavy atom. The first-order chi connectivity index (χ1) is 15.1. The lowest BCUT2D eigenvalue weighted by Crippen LogP contribution is -2.36. The van der Waals surface area contributed by atoms with Gasteiger partial charge in [-0.1, -0.05) is 13.0 Å². The Kier molecular flexibility index (Phi) is 7.03. The SMILES string of the molecule is CCN(CC(Nc1ncc(-c2nnc(C(F)F)o2)cn1)c1ccc(F)c(F)c1)S(C)(=O)=O. The van der Waals surface area contributed by atoms with E-state index in [1.165, 1.54) is 18.5 Å². The summed E-state index contributed by atoms with van der Waals surface area (Å²) in [4.78, 5) is 8.07. The topological polar surface area (TPSA) is 114 Å². The highest BCUT2D eigenvalue weighted by Crippen LogP contribution is 2.25. The van der Waals surface area contributed by atoms with Gasteiger partial charge in [-0.15, -0.1) is 10.2 Å². The molecule has 0 fully saturated rings. The largest absolute Gasteiger partial charge is 0.415 e. The van der Waals surface area contributed by atoms with Crippen LogP contribution in [0.4, 0.5) is 23.5 Å². The maximum Gasteiger partial charge on any atom is 0.314 e. The molecular weight excluding hydrogens is 456 g/mol. The van der Waals surface area contributed by atoms with Crippen LogP contribution in [0.5, 0.6) is 0 Å². The van der Waals surface area contributed by atoms with E-state index in [4.69, 9.17) is 4.42 Å². The van der Waals surface area contributed by atoms with Crippen molar-refractivity contribution in [2.24, 2.45) is 0 Å². The molecule has 0 aliphatic rings. The first kappa shape index (κ1) is 23.5. The Bertz CT molecular complexity index is 1170. The smallest absolute Gasteiger partial charge is 0.314 e. The van der Waals surface area contributed by atoms with E-state index in [0.717, 1.165) is 22.7 Å². The Labute approximate surface area is 180 Å². The number of halogens is 4. The lowest BCUT2D eigenvalue weighted by atomic mass is 10.1. The molecule has 9 nitrogen and oxygen atoms in total. The molecular formula is C18H18F4N6O3S. The van der Waals surface area contributed by atoms with Crippen LogP contribution in [-0.2, 0) is 10.0 Å². The second-order valence-electron chi connectivity index (χ2n) is 6.63. The highest BCUT2D eigenvalue weighted by molar-refractivity contribution is 7.88. The number of nitrogens with one attached hydrogen (secondary N) is 1. The van der Waals surface area contributed by atoms with Crippen LogP contribution in [0.1, 0.15) is 30.8 Å². The van der Waals surface area contributed by atoms with Crippen molar-refractivity contribution >= 4 is 16.0 Å². The molecule has 14 heteroatoms. The number of benzene rings is 1. The van der Waals surface area contributed by atoms with Gasteiger partial charge in [0.25, 0.3) is 11.8 Å². The minimum absolute atomic E-state index is 0.0154. The van der Waals surface area contributed by atoms with Gasteiger partial charge in [0.05, 0.1) is 17.9 Å². The lowest BCUT2D eigenvalue weighted by Gasteiger charge is -2.26. The molecule has 0 spiro atoms.